The SMILES string of the molecule is CC(C)CNCc1cccc(OCc2ccccc2Cl)c1.Cl. The van der Waals surface area contributed by atoms with Crippen molar-refractivity contribution in [2.24, 2.45) is 5.92 Å². The molecule has 2 rings (SSSR count). The van der Waals surface area contributed by atoms with E-state index in [1.807, 2.05) is 36.4 Å². The maximum Gasteiger partial charge on any atom is 0.120 e. The van der Waals surface area contributed by atoms with E-state index in [2.05, 4.69) is 31.3 Å². The third-order valence-corrected chi connectivity index (χ3v) is 3.50. The lowest BCUT2D eigenvalue weighted by Crippen LogP contribution is -2.18. The quantitative estimate of drug-likeness (QED) is 0.758. The molecule has 0 aliphatic carbocycles. The molecule has 2 nitrogen and oxygen atoms in total. The molecule has 0 aromatic heterocycles. The Morgan fingerprint density at radius 2 is 1.86 bits per heavy atom. The molecule has 0 unspecified atom stereocenters. The summed E-state index contributed by atoms with van der Waals surface area (Å²) in [5.41, 5.74) is 2.23. The van der Waals surface area contributed by atoms with Crippen LogP contribution in [0, 0.1) is 5.92 Å². The Hall–Kier alpha value is -1.22. The topological polar surface area (TPSA) is 21.3 Å². The minimum Gasteiger partial charge on any atom is -0.489 e. The number of nitrogens with one attached hydrogen (secondary N) is 1. The van der Waals surface area contributed by atoms with Crippen LogP contribution in [0.4, 0.5) is 0 Å². The van der Waals surface area contributed by atoms with Crippen molar-refractivity contribution in [3.05, 3.63) is 64.7 Å². The van der Waals surface area contributed by atoms with Gasteiger partial charge in [-0.3, -0.25) is 0 Å². The van der Waals surface area contributed by atoms with Crippen molar-refractivity contribution in [3.63, 3.8) is 0 Å². The summed E-state index contributed by atoms with van der Waals surface area (Å²) in [4.78, 5) is 0. The van der Waals surface area contributed by atoms with Crippen LogP contribution in [0.25, 0.3) is 0 Å². The van der Waals surface area contributed by atoms with Crippen molar-refractivity contribution in [1.82, 2.24) is 5.32 Å². The van der Waals surface area contributed by atoms with Gasteiger partial charge in [0.05, 0.1) is 0 Å². The van der Waals surface area contributed by atoms with Crippen molar-refractivity contribution in [2.45, 2.75) is 27.0 Å². The van der Waals surface area contributed by atoms with Crippen molar-refractivity contribution < 1.29 is 4.74 Å². The Bertz CT molecular complexity index is 573. The van der Waals surface area contributed by atoms with Crippen LogP contribution < -0.4 is 10.1 Å². The zero-order valence-electron chi connectivity index (χ0n) is 13.0. The van der Waals surface area contributed by atoms with Gasteiger partial charge in [0.2, 0.25) is 0 Å². The average Bonchev–Trinajstić information content (AvgIpc) is 2.46. The van der Waals surface area contributed by atoms with Crippen LogP contribution in [-0.4, -0.2) is 6.54 Å². The average molecular weight is 340 g/mol. The van der Waals surface area contributed by atoms with Crippen molar-refractivity contribution in [3.8, 4) is 5.75 Å². The van der Waals surface area contributed by atoms with Gasteiger partial charge in [0.25, 0.3) is 0 Å². The number of ether oxygens (including phenoxy) is 1. The van der Waals surface area contributed by atoms with Gasteiger partial charge >= 0.3 is 0 Å². The van der Waals surface area contributed by atoms with Crippen LogP contribution in [0.15, 0.2) is 48.5 Å². The number of hydrogen-bond acceptors (Lipinski definition) is 2. The fraction of sp³-hybridized carbons (Fsp3) is 0.333. The van der Waals surface area contributed by atoms with E-state index in [4.69, 9.17) is 16.3 Å². The molecule has 0 bridgehead atoms. The normalized spacial score (nSPS) is 10.4. The van der Waals surface area contributed by atoms with Crippen molar-refractivity contribution in [1.29, 1.82) is 0 Å². The third-order valence-electron chi connectivity index (χ3n) is 3.13. The third kappa shape index (κ3) is 6.27. The fourth-order valence-corrected chi connectivity index (χ4v) is 2.22. The van der Waals surface area contributed by atoms with Gasteiger partial charge in [-0.2, -0.15) is 0 Å². The molecule has 0 atom stereocenters. The van der Waals surface area contributed by atoms with E-state index in [1.54, 1.807) is 0 Å². The molecule has 0 radical (unpaired) electrons. The predicted molar refractivity (Wildman–Crippen MR) is 96.0 cm³/mol. The summed E-state index contributed by atoms with van der Waals surface area (Å²) in [5, 5.41) is 4.18. The van der Waals surface area contributed by atoms with E-state index in [1.165, 1.54) is 5.56 Å². The summed E-state index contributed by atoms with van der Waals surface area (Å²) >= 11 is 6.13. The first-order chi connectivity index (χ1) is 10.1. The number of halogens is 2. The van der Waals surface area contributed by atoms with E-state index in [-0.39, 0.29) is 12.4 Å². The summed E-state index contributed by atoms with van der Waals surface area (Å²) in [5.74, 6) is 1.53. The second-order valence-electron chi connectivity index (χ2n) is 5.55. The summed E-state index contributed by atoms with van der Waals surface area (Å²) in [6.45, 7) is 6.78. The number of benzene rings is 2. The smallest absolute Gasteiger partial charge is 0.120 e. The van der Waals surface area contributed by atoms with Gasteiger partial charge < -0.3 is 10.1 Å². The van der Waals surface area contributed by atoms with Crippen LogP contribution in [0.1, 0.15) is 25.0 Å². The summed E-state index contributed by atoms with van der Waals surface area (Å²) in [6.07, 6.45) is 0. The van der Waals surface area contributed by atoms with E-state index in [0.717, 1.165) is 29.4 Å². The van der Waals surface area contributed by atoms with Crippen molar-refractivity contribution >= 4 is 24.0 Å². The van der Waals surface area contributed by atoms with Crippen LogP contribution in [0.2, 0.25) is 5.02 Å². The van der Waals surface area contributed by atoms with E-state index in [0.29, 0.717) is 12.5 Å². The molecule has 22 heavy (non-hydrogen) atoms. The first-order valence-corrected chi connectivity index (χ1v) is 7.69. The maximum absolute atomic E-state index is 6.13. The Labute approximate surface area is 144 Å². The Morgan fingerprint density at radius 1 is 1.09 bits per heavy atom. The highest BCUT2D eigenvalue weighted by Crippen LogP contribution is 2.19. The zero-order chi connectivity index (χ0) is 15.1. The van der Waals surface area contributed by atoms with Gasteiger partial charge in [-0.15, -0.1) is 12.4 Å². The van der Waals surface area contributed by atoms with Crippen LogP contribution in [0.3, 0.4) is 0 Å². The van der Waals surface area contributed by atoms with Crippen LogP contribution >= 0.6 is 24.0 Å². The van der Waals surface area contributed by atoms with E-state index in [9.17, 15) is 0 Å². The summed E-state index contributed by atoms with van der Waals surface area (Å²) in [7, 11) is 0. The molecular weight excluding hydrogens is 317 g/mol. The molecule has 120 valence electrons. The molecule has 0 heterocycles. The van der Waals surface area contributed by atoms with Gasteiger partial charge in [-0.05, 0) is 36.2 Å². The second kappa shape index (κ2) is 9.73. The van der Waals surface area contributed by atoms with Crippen molar-refractivity contribution in [2.75, 3.05) is 6.54 Å². The second-order valence-corrected chi connectivity index (χ2v) is 5.96. The molecule has 0 saturated carbocycles. The highest BCUT2D eigenvalue weighted by atomic mass is 35.5. The summed E-state index contributed by atoms with van der Waals surface area (Å²) in [6, 6.07) is 15.9. The summed E-state index contributed by atoms with van der Waals surface area (Å²) < 4.78 is 5.83. The zero-order valence-corrected chi connectivity index (χ0v) is 14.6. The van der Waals surface area contributed by atoms with Gasteiger partial charge in [0.15, 0.2) is 0 Å². The molecule has 1 N–H and O–H groups in total. The molecule has 0 spiro atoms. The fourth-order valence-electron chi connectivity index (χ4n) is 2.03. The lowest BCUT2D eigenvalue weighted by atomic mass is 10.2. The Morgan fingerprint density at radius 3 is 2.59 bits per heavy atom. The minimum absolute atomic E-state index is 0. The molecule has 0 aliphatic heterocycles. The standard InChI is InChI=1S/C18H22ClNO.ClH/c1-14(2)11-20-12-15-6-5-8-17(10-15)21-13-16-7-3-4-9-18(16)19;/h3-10,14,20H,11-13H2,1-2H3;1H. The molecule has 0 saturated heterocycles. The monoisotopic (exact) mass is 339 g/mol. The molecule has 2 aromatic carbocycles. The molecular formula is C18H23Cl2NO. The first-order valence-electron chi connectivity index (χ1n) is 7.31. The highest BCUT2D eigenvalue weighted by Gasteiger charge is 2.02. The molecule has 0 fully saturated rings. The lowest BCUT2D eigenvalue weighted by Gasteiger charge is -2.10. The van der Waals surface area contributed by atoms with Gasteiger partial charge in [-0.25, -0.2) is 0 Å². The minimum atomic E-state index is 0. The number of rotatable bonds is 7. The first kappa shape index (κ1) is 18.8. The van der Waals surface area contributed by atoms with E-state index < -0.39 is 0 Å². The van der Waals surface area contributed by atoms with E-state index >= 15 is 0 Å². The Balaban J connectivity index is 0.00000242. The van der Waals surface area contributed by atoms with Gasteiger partial charge in [0, 0.05) is 17.1 Å². The predicted octanol–water partition coefficient (Wildman–Crippen LogP) is 5.09. The largest absolute Gasteiger partial charge is 0.489 e. The highest BCUT2D eigenvalue weighted by molar-refractivity contribution is 6.31. The number of hydrogen-bond donors (Lipinski definition) is 1. The van der Waals surface area contributed by atoms with Gasteiger partial charge in [-0.1, -0.05) is 55.8 Å². The molecule has 2 aromatic rings. The molecule has 0 aliphatic rings. The molecule has 0 amide bonds. The molecule has 4 heteroatoms. The lowest BCUT2D eigenvalue weighted by molar-refractivity contribution is 0.306. The Kier molecular flexibility index (Phi) is 8.32. The van der Waals surface area contributed by atoms with Crippen LogP contribution in [-0.2, 0) is 13.2 Å². The van der Waals surface area contributed by atoms with Crippen LogP contribution in [0.5, 0.6) is 5.75 Å². The van der Waals surface area contributed by atoms with Gasteiger partial charge in [0.1, 0.15) is 12.4 Å². The maximum atomic E-state index is 6.13.